The standard InChI is InChI=1S/C18H14Cl4F3NO3/c19-12-7-11(28-6-4-15(21)22)8-13(20)17(12)14(3-5-27)29-16-2-1-10(9-26-16)18(23,24)25/h1-2,4,7-9,14,27H,3,5-6H2. The molecule has 1 N–H and O–H groups in total. The van der Waals surface area contributed by atoms with Crippen molar-refractivity contribution < 1.29 is 27.8 Å². The Bertz CT molecular complexity index is 833. The first-order valence-corrected chi connectivity index (χ1v) is 9.56. The third-order valence-corrected chi connectivity index (χ3v) is 4.51. The molecule has 0 bridgehead atoms. The van der Waals surface area contributed by atoms with Gasteiger partial charge >= 0.3 is 6.18 Å². The number of rotatable bonds is 8. The van der Waals surface area contributed by atoms with Crippen LogP contribution >= 0.6 is 46.4 Å². The molecule has 1 unspecified atom stereocenters. The Labute approximate surface area is 184 Å². The first kappa shape index (κ1) is 23.9. The maximum Gasteiger partial charge on any atom is 0.417 e. The number of aliphatic hydroxyl groups is 1. The molecule has 2 aromatic rings. The number of ether oxygens (including phenoxy) is 2. The Morgan fingerprint density at radius 2 is 1.83 bits per heavy atom. The molecule has 0 saturated carbocycles. The van der Waals surface area contributed by atoms with Gasteiger partial charge in [0, 0.05) is 30.9 Å². The molecule has 0 saturated heterocycles. The second kappa shape index (κ2) is 10.6. The van der Waals surface area contributed by atoms with E-state index in [1.807, 2.05) is 0 Å². The second-order valence-corrected chi connectivity index (χ2v) is 7.43. The second-order valence-electron chi connectivity index (χ2n) is 5.61. The van der Waals surface area contributed by atoms with Crippen molar-refractivity contribution in [3.05, 3.63) is 62.2 Å². The van der Waals surface area contributed by atoms with Crippen LogP contribution in [-0.4, -0.2) is 23.3 Å². The van der Waals surface area contributed by atoms with Crippen LogP contribution < -0.4 is 9.47 Å². The molecule has 29 heavy (non-hydrogen) atoms. The summed E-state index contributed by atoms with van der Waals surface area (Å²) in [4.78, 5) is 3.66. The number of nitrogens with zero attached hydrogens (tertiary/aromatic N) is 1. The van der Waals surface area contributed by atoms with E-state index in [-0.39, 0.29) is 40.1 Å². The predicted molar refractivity (Wildman–Crippen MR) is 106 cm³/mol. The van der Waals surface area contributed by atoms with Gasteiger partial charge in [0.15, 0.2) is 0 Å². The summed E-state index contributed by atoms with van der Waals surface area (Å²) in [5.74, 6) is 0.260. The Hall–Kier alpha value is -1.38. The number of aromatic nitrogens is 1. The first-order valence-electron chi connectivity index (χ1n) is 8.05. The van der Waals surface area contributed by atoms with Crippen LogP contribution in [-0.2, 0) is 6.18 Å². The number of hydrogen-bond acceptors (Lipinski definition) is 4. The van der Waals surface area contributed by atoms with Gasteiger partial charge in [-0.25, -0.2) is 4.98 Å². The lowest BCUT2D eigenvalue weighted by molar-refractivity contribution is -0.137. The summed E-state index contributed by atoms with van der Waals surface area (Å²) in [5, 5.41) is 9.70. The van der Waals surface area contributed by atoms with Gasteiger partial charge in [-0.2, -0.15) is 13.2 Å². The van der Waals surface area contributed by atoms with Crippen LogP contribution in [0.1, 0.15) is 23.7 Å². The summed E-state index contributed by atoms with van der Waals surface area (Å²) in [5.41, 5.74) is -0.574. The maximum atomic E-state index is 12.7. The zero-order valence-electron chi connectivity index (χ0n) is 14.5. The average Bonchev–Trinajstić information content (AvgIpc) is 2.60. The van der Waals surface area contributed by atoms with E-state index in [0.29, 0.717) is 17.5 Å². The maximum absolute atomic E-state index is 12.7. The van der Waals surface area contributed by atoms with Crippen LogP contribution in [0.3, 0.4) is 0 Å². The molecule has 158 valence electrons. The smallest absolute Gasteiger partial charge is 0.417 e. The minimum Gasteiger partial charge on any atom is -0.489 e. The van der Waals surface area contributed by atoms with E-state index in [4.69, 9.17) is 55.9 Å². The summed E-state index contributed by atoms with van der Waals surface area (Å²) in [7, 11) is 0. The topological polar surface area (TPSA) is 51.6 Å². The van der Waals surface area contributed by atoms with Gasteiger partial charge in [-0.05, 0) is 24.3 Å². The molecule has 0 aliphatic rings. The molecule has 4 nitrogen and oxygen atoms in total. The van der Waals surface area contributed by atoms with Gasteiger partial charge in [0.1, 0.15) is 23.0 Å². The van der Waals surface area contributed by atoms with Crippen molar-refractivity contribution in [3.63, 3.8) is 0 Å². The first-order chi connectivity index (χ1) is 13.6. The zero-order chi connectivity index (χ0) is 21.6. The minimum atomic E-state index is -4.51. The molecular formula is C18H14Cl4F3NO3. The Morgan fingerprint density at radius 1 is 1.17 bits per heavy atom. The largest absolute Gasteiger partial charge is 0.489 e. The van der Waals surface area contributed by atoms with Crippen LogP contribution in [0.15, 0.2) is 41.0 Å². The third-order valence-electron chi connectivity index (χ3n) is 3.58. The number of benzene rings is 1. The van der Waals surface area contributed by atoms with E-state index in [2.05, 4.69) is 4.98 Å². The van der Waals surface area contributed by atoms with Gasteiger partial charge in [0.05, 0.1) is 15.6 Å². The van der Waals surface area contributed by atoms with Crippen molar-refractivity contribution in [2.45, 2.75) is 18.7 Å². The molecule has 0 amide bonds. The molecule has 2 rings (SSSR count). The fraction of sp³-hybridized carbons (Fsp3) is 0.278. The van der Waals surface area contributed by atoms with Crippen molar-refractivity contribution >= 4 is 46.4 Å². The van der Waals surface area contributed by atoms with Crippen LogP contribution in [0, 0.1) is 0 Å². The summed E-state index contributed by atoms with van der Waals surface area (Å²) in [6.45, 7) is -0.199. The van der Waals surface area contributed by atoms with Crippen molar-refractivity contribution in [1.82, 2.24) is 4.98 Å². The van der Waals surface area contributed by atoms with Crippen LogP contribution in [0.2, 0.25) is 10.0 Å². The van der Waals surface area contributed by atoms with Crippen molar-refractivity contribution in [1.29, 1.82) is 0 Å². The molecule has 0 fully saturated rings. The molecular weight excluding hydrogens is 477 g/mol. The van der Waals surface area contributed by atoms with Crippen LogP contribution in [0.25, 0.3) is 0 Å². The molecule has 1 atom stereocenters. The lowest BCUT2D eigenvalue weighted by atomic mass is 10.1. The van der Waals surface area contributed by atoms with Gasteiger partial charge in [0.2, 0.25) is 5.88 Å². The minimum absolute atomic E-state index is 0.0410. The summed E-state index contributed by atoms with van der Waals surface area (Å²) < 4.78 is 49.1. The summed E-state index contributed by atoms with van der Waals surface area (Å²) in [6.07, 6.45) is -3.21. The SMILES string of the molecule is OCCC(Oc1ccc(C(F)(F)F)cn1)c1c(Cl)cc(OCC=C(Cl)Cl)cc1Cl. The van der Waals surface area contributed by atoms with E-state index in [1.165, 1.54) is 18.2 Å². The van der Waals surface area contributed by atoms with Crippen LogP contribution in [0.5, 0.6) is 11.6 Å². The fourth-order valence-electron chi connectivity index (χ4n) is 2.30. The van der Waals surface area contributed by atoms with E-state index in [0.717, 1.165) is 12.1 Å². The molecule has 11 heteroatoms. The van der Waals surface area contributed by atoms with E-state index < -0.39 is 17.8 Å². The summed E-state index contributed by atoms with van der Waals surface area (Å²) in [6, 6.07) is 4.88. The summed E-state index contributed by atoms with van der Waals surface area (Å²) >= 11 is 23.6. The van der Waals surface area contributed by atoms with Gasteiger partial charge in [0.25, 0.3) is 0 Å². The lowest BCUT2D eigenvalue weighted by Gasteiger charge is -2.21. The quantitative estimate of drug-likeness (QED) is 0.452. The number of hydrogen-bond donors (Lipinski definition) is 1. The molecule has 1 aromatic heterocycles. The predicted octanol–water partition coefficient (Wildman–Crippen LogP) is 6.61. The molecule has 1 heterocycles. The zero-order valence-corrected chi connectivity index (χ0v) is 17.5. The number of pyridine rings is 1. The highest BCUT2D eigenvalue weighted by Gasteiger charge is 2.31. The average molecular weight is 491 g/mol. The molecule has 0 radical (unpaired) electrons. The van der Waals surface area contributed by atoms with Crippen LogP contribution in [0.4, 0.5) is 13.2 Å². The highest BCUT2D eigenvalue weighted by Crippen LogP contribution is 2.38. The number of halogens is 7. The highest BCUT2D eigenvalue weighted by molar-refractivity contribution is 6.55. The normalized spacial score (nSPS) is 12.4. The third kappa shape index (κ3) is 7.12. The number of alkyl halides is 3. The number of aliphatic hydroxyl groups excluding tert-OH is 1. The Balaban J connectivity index is 2.24. The highest BCUT2D eigenvalue weighted by atomic mass is 35.5. The van der Waals surface area contributed by atoms with Gasteiger partial charge in [-0.15, -0.1) is 0 Å². The lowest BCUT2D eigenvalue weighted by Crippen LogP contribution is -2.13. The Kier molecular flexibility index (Phi) is 8.73. The van der Waals surface area contributed by atoms with Gasteiger partial charge in [-0.1, -0.05) is 46.4 Å². The molecule has 0 aliphatic carbocycles. The van der Waals surface area contributed by atoms with E-state index in [1.54, 1.807) is 0 Å². The molecule has 1 aromatic carbocycles. The molecule has 0 spiro atoms. The van der Waals surface area contributed by atoms with E-state index >= 15 is 0 Å². The van der Waals surface area contributed by atoms with Gasteiger partial charge in [-0.3, -0.25) is 0 Å². The van der Waals surface area contributed by atoms with E-state index in [9.17, 15) is 18.3 Å². The van der Waals surface area contributed by atoms with Crippen molar-refractivity contribution in [3.8, 4) is 11.6 Å². The fourth-order valence-corrected chi connectivity index (χ4v) is 3.13. The molecule has 0 aliphatic heterocycles. The van der Waals surface area contributed by atoms with Crippen molar-refractivity contribution in [2.24, 2.45) is 0 Å². The van der Waals surface area contributed by atoms with Gasteiger partial charge < -0.3 is 14.6 Å². The monoisotopic (exact) mass is 489 g/mol. The Morgan fingerprint density at radius 3 is 2.31 bits per heavy atom. The van der Waals surface area contributed by atoms with Crippen molar-refractivity contribution in [2.75, 3.05) is 13.2 Å².